The van der Waals surface area contributed by atoms with Gasteiger partial charge in [-0.1, -0.05) is 60.6 Å². The zero-order chi connectivity index (χ0) is 25.3. The van der Waals surface area contributed by atoms with Gasteiger partial charge in [-0.3, -0.25) is 9.59 Å². The highest BCUT2D eigenvalue weighted by atomic mass is 16.5. The predicted octanol–water partition coefficient (Wildman–Crippen LogP) is 5.43. The number of methoxy groups -OCH3 is 1. The van der Waals surface area contributed by atoms with E-state index in [1.54, 1.807) is 7.11 Å². The fourth-order valence-corrected chi connectivity index (χ4v) is 4.44. The van der Waals surface area contributed by atoms with Crippen LogP contribution < -0.4 is 15.4 Å². The molecule has 2 aromatic carbocycles. The normalized spacial score (nSPS) is 14.9. The van der Waals surface area contributed by atoms with Gasteiger partial charge >= 0.3 is 0 Å². The first-order chi connectivity index (χ1) is 15.8. The van der Waals surface area contributed by atoms with Gasteiger partial charge in [0.1, 0.15) is 11.3 Å². The third kappa shape index (κ3) is 5.63. The van der Waals surface area contributed by atoms with Crippen molar-refractivity contribution in [3.63, 3.8) is 0 Å². The van der Waals surface area contributed by atoms with Crippen molar-refractivity contribution in [3.05, 3.63) is 64.2 Å². The number of carbonyl (C=O) groups is 2. The van der Waals surface area contributed by atoms with Crippen LogP contribution in [0.5, 0.6) is 5.75 Å². The van der Waals surface area contributed by atoms with E-state index in [0.717, 1.165) is 17.7 Å². The third-order valence-corrected chi connectivity index (χ3v) is 6.63. The van der Waals surface area contributed by atoms with Crippen molar-refractivity contribution in [1.82, 2.24) is 10.6 Å². The Balaban J connectivity index is 1.80. The zero-order valence-corrected chi connectivity index (χ0v) is 22.0. The van der Waals surface area contributed by atoms with Crippen LogP contribution in [0.4, 0.5) is 0 Å². The summed E-state index contributed by atoms with van der Waals surface area (Å²) in [5, 5.41) is 6.05. The Kier molecular flexibility index (Phi) is 7.16. The summed E-state index contributed by atoms with van der Waals surface area (Å²) < 4.78 is 5.18. The van der Waals surface area contributed by atoms with Crippen LogP contribution in [0.3, 0.4) is 0 Å². The summed E-state index contributed by atoms with van der Waals surface area (Å²) in [4.78, 5) is 26.4. The largest absolute Gasteiger partial charge is 0.497 e. The molecule has 0 spiro atoms. The Morgan fingerprint density at radius 2 is 1.47 bits per heavy atom. The van der Waals surface area contributed by atoms with Crippen LogP contribution in [0, 0.1) is 0 Å². The Morgan fingerprint density at radius 1 is 0.941 bits per heavy atom. The van der Waals surface area contributed by atoms with E-state index in [2.05, 4.69) is 59.1 Å². The van der Waals surface area contributed by atoms with Gasteiger partial charge in [0.2, 0.25) is 5.91 Å². The van der Waals surface area contributed by atoms with Gasteiger partial charge in [0.05, 0.1) is 7.11 Å². The lowest BCUT2D eigenvalue weighted by atomic mass is 9.74. The molecular weight excluding hydrogens is 424 g/mol. The molecule has 0 radical (unpaired) electrons. The summed E-state index contributed by atoms with van der Waals surface area (Å²) in [6, 6.07) is 11.6. The van der Waals surface area contributed by atoms with E-state index in [1.165, 1.54) is 16.7 Å². The second-order valence-corrected chi connectivity index (χ2v) is 11.5. The monoisotopic (exact) mass is 464 g/mol. The third-order valence-electron chi connectivity index (χ3n) is 6.63. The summed E-state index contributed by atoms with van der Waals surface area (Å²) in [6.07, 6.45) is 2.22. The van der Waals surface area contributed by atoms with E-state index in [0.29, 0.717) is 24.9 Å². The second-order valence-electron chi connectivity index (χ2n) is 11.5. The van der Waals surface area contributed by atoms with Gasteiger partial charge in [-0.15, -0.1) is 0 Å². The van der Waals surface area contributed by atoms with Crippen molar-refractivity contribution in [2.24, 2.45) is 0 Å². The van der Waals surface area contributed by atoms with Crippen LogP contribution >= 0.6 is 0 Å². The molecule has 1 aliphatic carbocycles. The maximum atomic E-state index is 13.4. The van der Waals surface area contributed by atoms with Gasteiger partial charge in [0.15, 0.2) is 0 Å². The van der Waals surface area contributed by atoms with Gasteiger partial charge < -0.3 is 15.4 Å². The van der Waals surface area contributed by atoms with Gasteiger partial charge in [0.25, 0.3) is 5.91 Å². The first-order valence-electron chi connectivity index (χ1n) is 12.2. The van der Waals surface area contributed by atoms with Crippen LogP contribution in [0.1, 0.15) is 93.9 Å². The molecule has 0 aromatic heterocycles. The number of nitrogens with one attached hydrogen (secondary N) is 2. The summed E-state index contributed by atoms with van der Waals surface area (Å²) in [5.74, 6) is 0.462. The number of benzene rings is 2. The molecule has 5 heteroatoms. The van der Waals surface area contributed by atoms with Gasteiger partial charge in [0, 0.05) is 12.1 Å². The maximum absolute atomic E-state index is 13.4. The lowest BCUT2D eigenvalue weighted by molar-refractivity contribution is -0.124. The minimum Gasteiger partial charge on any atom is -0.497 e. The summed E-state index contributed by atoms with van der Waals surface area (Å²) in [6.45, 7) is 15.7. The molecule has 0 unspecified atom stereocenters. The smallest absolute Gasteiger partial charge is 0.252 e. The first-order valence-corrected chi connectivity index (χ1v) is 12.2. The number of hydrogen-bond acceptors (Lipinski definition) is 3. The fourth-order valence-electron chi connectivity index (χ4n) is 4.44. The van der Waals surface area contributed by atoms with Gasteiger partial charge in [-0.2, -0.15) is 0 Å². The highest BCUT2D eigenvalue weighted by Crippen LogP contribution is 2.38. The fraction of sp³-hybridized carbons (Fsp3) is 0.517. The second kappa shape index (κ2) is 9.44. The molecule has 1 fully saturated rings. The topological polar surface area (TPSA) is 67.4 Å². The van der Waals surface area contributed by atoms with E-state index < -0.39 is 5.54 Å². The number of amides is 2. The first kappa shape index (κ1) is 25.8. The lowest BCUT2D eigenvalue weighted by Crippen LogP contribution is -2.48. The van der Waals surface area contributed by atoms with E-state index in [4.69, 9.17) is 4.74 Å². The minimum atomic E-state index is -0.823. The predicted molar refractivity (Wildman–Crippen MR) is 137 cm³/mol. The Bertz CT molecular complexity index is 1020. The maximum Gasteiger partial charge on any atom is 0.252 e. The highest BCUT2D eigenvalue weighted by Gasteiger charge is 2.51. The molecule has 184 valence electrons. The van der Waals surface area contributed by atoms with Crippen LogP contribution in [0.15, 0.2) is 36.4 Å². The van der Waals surface area contributed by atoms with Crippen LogP contribution in [-0.4, -0.2) is 24.5 Å². The zero-order valence-electron chi connectivity index (χ0n) is 22.0. The molecule has 2 aromatic rings. The molecule has 0 bridgehead atoms. The molecule has 5 nitrogen and oxygen atoms in total. The number of carbonyl (C=O) groups excluding carboxylic acids is 2. The van der Waals surface area contributed by atoms with Crippen molar-refractivity contribution in [2.75, 3.05) is 7.11 Å². The Labute approximate surface area is 204 Å². The van der Waals surface area contributed by atoms with Crippen molar-refractivity contribution in [1.29, 1.82) is 0 Å². The van der Waals surface area contributed by atoms with Crippen LogP contribution in [-0.2, 0) is 28.6 Å². The summed E-state index contributed by atoms with van der Waals surface area (Å²) >= 11 is 0. The van der Waals surface area contributed by atoms with Crippen molar-refractivity contribution in [3.8, 4) is 5.75 Å². The molecule has 0 heterocycles. The quantitative estimate of drug-likeness (QED) is 0.574. The van der Waals surface area contributed by atoms with E-state index in [-0.39, 0.29) is 22.6 Å². The van der Waals surface area contributed by atoms with Crippen molar-refractivity contribution < 1.29 is 14.3 Å². The molecule has 1 aliphatic rings. The molecule has 0 aliphatic heterocycles. The van der Waals surface area contributed by atoms with E-state index in [1.807, 2.05) is 36.4 Å². The molecule has 34 heavy (non-hydrogen) atoms. The molecule has 1 saturated carbocycles. The molecule has 0 saturated heterocycles. The minimum absolute atomic E-state index is 0.0886. The summed E-state index contributed by atoms with van der Waals surface area (Å²) in [7, 11) is 1.63. The molecule has 2 amide bonds. The standard InChI is InChI=1S/C29H40N2O3/c1-9-22-23(27(2,3)4)16-20(17-24(22)28(5,6)7)25(32)31-29(14-15-29)26(33)30-18-19-10-12-21(34-8)13-11-19/h10-13,16-17H,9,14-15,18H2,1-8H3,(H,30,33)(H,31,32). The number of rotatable bonds is 7. The molecular formula is C29H40N2O3. The van der Waals surface area contributed by atoms with Gasteiger partial charge in [-0.05, 0) is 76.6 Å². The summed E-state index contributed by atoms with van der Waals surface area (Å²) in [5.41, 5.74) is 4.31. The van der Waals surface area contributed by atoms with Crippen molar-refractivity contribution in [2.45, 2.75) is 90.6 Å². The Hall–Kier alpha value is -2.82. The van der Waals surface area contributed by atoms with Crippen molar-refractivity contribution >= 4 is 11.8 Å². The van der Waals surface area contributed by atoms with E-state index in [9.17, 15) is 9.59 Å². The number of hydrogen-bond donors (Lipinski definition) is 2. The Morgan fingerprint density at radius 3 is 1.88 bits per heavy atom. The molecule has 0 atom stereocenters. The lowest BCUT2D eigenvalue weighted by Gasteiger charge is -2.31. The molecule has 3 rings (SSSR count). The highest BCUT2D eigenvalue weighted by molar-refractivity contribution is 6.01. The van der Waals surface area contributed by atoms with Gasteiger partial charge in [-0.25, -0.2) is 0 Å². The average molecular weight is 465 g/mol. The van der Waals surface area contributed by atoms with E-state index >= 15 is 0 Å². The van der Waals surface area contributed by atoms with Crippen LogP contribution in [0.25, 0.3) is 0 Å². The SMILES string of the molecule is CCc1c(C(C)(C)C)cc(C(=O)NC2(C(=O)NCc3ccc(OC)cc3)CC2)cc1C(C)(C)C. The molecule has 2 N–H and O–H groups in total. The number of ether oxygens (including phenoxy) is 1. The van der Waals surface area contributed by atoms with Crippen LogP contribution in [0.2, 0.25) is 0 Å². The average Bonchev–Trinajstić information content (AvgIpc) is 3.56.